The van der Waals surface area contributed by atoms with Gasteiger partial charge in [0, 0.05) is 17.7 Å². The summed E-state index contributed by atoms with van der Waals surface area (Å²) in [6.07, 6.45) is 2.84. The second-order valence-corrected chi connectivity index (χ2v) is 3.70. The lowest BCUT2D eigenvalue weighted by molar-refractivity contribution is -0.384. The molecule has 0 unspecified atom stereocenters. The fourth-order valence-electron chi connectivity index (χ4n) is 1.85. The van der Waals surface area contributed by atoms with Gasteiger partial charge in [0.15, 0.2) is 0 Å². The maximum absolute atomic E-state index is 10.6. The van der Waals surface area contributed by atoms with Crippen molar-refractivity contribution in [2.45, 2.75) is 19.3 Å². The monoisotopic (exact) mass is 222 g/mol. The molecule has 0 bridgehead atoms. The maximum atomic E-state index is 10.6. The standard InChI is InChI=1S/C10H10N2O2S/c13-12(14)8-5-4-7-2-1-3-10(11-15)9(7)6-8/h4-6,15H,1-3H2/b11-10+. The van der Waals surface area contributed by atoms with Gasteiger partial charge >= 0.3 is 0 Å². The normalized spacial score (nSPS) is 17.5. The average Bonchev–Trinajstić information content (AvgIpc) is 2.27. The van der Waals surface area contributed by atoms with Crippen molar-refractivity contribution in [3.05, 3.63) is 39.4 Å². The van der Waals surface area contributed by atoms with Gasteiger partial charge in [0.25, 0.3) is 5.69 Å². The number of aryl methyl sites for hydroxylation is 1. The van der Waals surface area contributed by atoms with E-state index in [1.807, 2.05) is 6.07 Å². The molecule has 78 valence electrons. The lowest BCUT2D eigenvalue weighted by atomic mass is 9.90. The first-order valence-electron chi connectivity index (χ1n) is 4.71. The van der Waals surface area contributed by atoms with Gasteiger partial charge in [0.2, 0.25) is 0 Å². The highest BCUT2D eigenvalue weighted by Crippen LogP contribution is 2.26. The van der Waals surface area contributed by atoms with Gasteiger partial charge in [0.05, 0.1) is 10.6 Å². The van der Waals surface area contributed by atoms with Gasteiger partial charge < -0.3 is 0 Å². The molecule has 15 heavy (non-hydrogen) atoms. The van der Waals surface area contributed by atoms with Crippen LogP contribution in [-0.2, 0) is 6.42 Å². The fraction of sp³-hybridized carbons (Fsp3) is 0.300. The third-order valence-electron chi connectivity index (χ3n) is 2.60. The highest BCUT2D eigenvalue weighted by atomic mass is 32.1. The quantitative estimate of drug-likeness (QED) is 0.451. The van der Waals surface area contributed by atoms with Crippen LogP contribution < -0.4 is 0 Å². The summed E-state index contributed by atoms with van der Waals surface area (Å²) in [4.78, 5) is 10.2. The van der Waals surface area contributed by atoms with Crippen molar-refractivity contribution < 1.29 is 4.92 Å². The van der Waals surface area contributed by atoms with Crippen LogP contribution in [0.5, 0.6) is 0 Å². The molecule has 4 nitrogen and oxygen atoms in total. The first-order chi connectivity index (χ1) is 7.22. The molecule has 0 heterocycles. The molecule has 0 saturated heterocycles. The van der Waals surface area contributed by atoms with E-state index >= 15 is 0 Å². The second-order valence-electron chi connectivity index (χ2n) is 3.50. The lowest BCUT2D eigenvalue weighted by Crippen LogP contribution is -2.11. The Hall–Kier alpha value is -1.36. The summed E-state index contributed by atoms with van der Waals surface area (Å²) in [5, 5.41) is 10.6. The first kappa shape index (κ1) is 10.2. The molecular formula is C10H10N2O2S. The number of rotatable bonds is 1. The summed E-state index contributed by atoms with van der Waals surface area (Å²) in [7, 11) is 0. The Labute approximate surface area is 92.7 Å². The summed E-state index contributed by atoms with van der Waals surface area (Å²) < 4.78 is 3.88. The van der Waals surface area contributed by atoms with Crippen LogP contribution in [0.4, 0.5) is 5.69 Å². The van der Waals surface area contributed by atoms with E-state index in [1.54, 1.807) is 12.1 Å². The minimum atomic E-state index is -0.384. The first-order valence-corrected chi connectivity index (χ1v) is 5.11. The van der Waals surface area contributed by atoms with Crippen LogP contribution in [-0.4, -0.2) is 10.6 Å². The zero-order chi connectivity index (χ0) is 10.8. The number of hydrogen-bond acceptors (Lipinski definition) is 4. The number of non-ortho nitro benzene ring substituents is 1. The van der Waals surface area contributed by atoms with E-state index in [0.717, 1.165) is 36.1 Å². The SMILES string of the molecule is O=[N+]([O-])c1ccc2c(c1)/C(=N/S)CCC2. The minimum Gasteiger partial charge on any atom is -0.258 e. The summed E-state index contributed by atoms with van der Waals surface area (Å²) in [6, 6.07) is 4.94. The van der Waals surface area contributed by atoms with Crippen molar-refractivity contribution in [1.29, 1.82) is 0 Å². The highest BCUT2D eigenvalue weighted by Gasteiger charge is 2.18. The molecule has 0 saturated carbocycles. The number of nitrogens with zero attached hydrogens (tertiary/aromatic N) is 2. The Morgan fingerprint density at radius 3 is 2.87 bits per heavy atom. The molecule has 2 rings (SSSR count). The van der Waals surface area contributed by atoms with Crippen molar-refractivity contribution in [2.75, 3.05) is 0 Å². The molecule has 0 radical (unpaired) electrons. The van der Waals surface area contributed by atoms with Gasteiger partial charge in [-0.25, -0.2) is 4.40 Å². The molecule has 1 aliphatic rings. The smallest absolute Gasteiger partial charge is 0.258 e. The average molecular weight is 222 g/mol. The third kappa shape index (κ3) is 1.87. The Morgan fingerprint density at radius 1 is 1.40 bits per heavy atom. The van der Waals surface area contributed by atoms with E-state index in [1.165, 1.54) is 0 Å². The molecule has 0 aromatic heterocycles. The van der Waals surface area contributed by atoms with Gasteiger partial charge in [-0.2, -0.15) is 0 Å². The third-order valence-corrected chi connectivity index (χ3v) is 2.84. The molecule has 1 aliphatic carbocycles. The number of benzene rings is 1. The molecule has 5 heteroatoms. The van der Waals surface area contributed by atoms with Gasteiger partial charge in [0.1, 0.15) is 0 Å². The molecule has 1 aromatic carbocycles. The van der Waals surface area contributed by atoms with E-state index in [0.29, 0.717) is 0 Å². The molecule has 0 fully saturated rings. The molecule has 0 amide bonds. The fourth-order valence-corrected chi connectivity index (χ4v) is 2.06. The Bertz CT molecular complexity index is 443. The van der Waals surface area contributed by atoms with Crippen molar-refractivity contribution in [2.24, 2.45) is 4.40 Å². The Morgan fingerprint density at radius 2 is 2.20 bits per heavy atom. The summed E-state index contributed by atoms with van der Waals surface area (Å²) >= 11 is 3.89. The van der Waals surface area contributed by atoms with Gasteiger partial charge in [-0.3, -0.25) is 10.1 Å². The van der Waals surface area contributed by atoms with Crippen molar-refractivity contribution in [3.63, 3.8) is 0 Å². The van der Waals surface area contributed by atoms with Crippen LogP contribution in [0.1, 0.15) is 24.0 Å². The van der Waals surface area contributed by atoms with E-state index in [-0.39, 0.29) is 10.6 Å². The van der Waals surface area contributed by atoms with E-state index in [9.17, 15) is 10.1 Å². The molecule has 0 aliphatic heterocycles. The highest BCUT2D eigenvalue weighted by molar-refractivity contribution is 7.79. The maximum Gasteiger partial charge on any atom is 0.270 e. The van der Waals surface area contributed by atoms with Crippen LogP contribution in [0.15, 0.2) is 22.6 Å². The largest absolute Gasteiger partial charge is 0.270 e. The molecule has 0 N–H and O–H groups in total. The van der Waals surface area contributed by atoms with Crippen LogP contribution in [0.25, 0.3) is 0 Å². The zero-order valence-electron chi connectivity index (χ0n) is 8.01. The number of fused-ring (bicyclic) bond motifs is 1. The van der Waals surface area contributed by atoms with Crippen LogP contribution >= 0.6 is 12.8 Å². The number of nitro benzene ring substituents is 1. The summed E-state index contributed by atoms with van der Waals surface area (Å²) in [5.74, 6) is 0. The van der Waals surface area contributed by atoms with E-state index < -0.39 is 0 Å². The van der Waals surface area contributed by atoms with Crippen molar-refractivity contribution >= 4 is 24.2 Å². The number of nitro groups is 1. The van der Waals surface area contributed by atoms with Crippen LogP contribution in [0.3, 0.4) is 0 Å². The van der Waals surface area contributed by atoms with E-state index in [2.05, 4.69) is 17.2 Å². The molecule has 1 aromatic rings. The van der Waals surface area contributed by atoms with E-state index in [4.69, 9.17) is 0 Å². The topological polar surface area (TPSA) is 55.5 Å². The molecular weight excluding hydrogens is 212 g/mol. The summed E-state index contributed by atoms with van der Waals surface area (Å²) in [6.45, 7) is 0. The predicted octanol–water partition coefficient (Wildman–Crippen LogP) is 2.57. The molecule has 0 spiro atoms. The van der Waals surface area contributed by atoms with Gasteiger partial charge in [-0.1, -0.05) is 6.07 Å². The zero-order valence-corrected chi connectivity index (χ0v) is 8.91. The summed E-state index contributed by atoms with van der Waals surface area (Å²) in [5.41, 5.74) is 2.97. The molecule has 0 atom stereocenters. The Kier molecular flexibility index (Phi) is 2.73. The van der Waals surface area contributed by atoms with Crippen molar-refractivity contribution in [3.8, 4) is 0 Å². The van der Waals surface area contributed by atoms with Crippen molar-refractivity contribution in [1.82, 2.24) is 0 Å². The van der Waals surface area contributed by atoms with Crippen LogP contribution in [0, 0.1) is 10.1 Å². The lowest BCUT2D eigenvalue weighted by Gasteiger charge is -2.16. The minimum absolute atomic E-state index is 0.116. The van der Waals surface area contributed by atoms with Gasteiger partial charge in [-0.05, 0) is 37.6 Å². The number of hydrogen-bond donors (Lipinski definition) is 1. The second kappa shape index (κ2) is 4.02. The Balaban J connectivity index is 2.53. The predicted molar refractivity (Wildman–Crippen MR) is 61.6 cm³/mol. The van der Waals surface area contributed by atoms with Crippen LogP contribution in [0.2, 0.25) is 0 Å². The van der Waals surface area contributed by atoms with Gasteiger partial charge in [-0.15, -0.1) is 0 Å². The number of thiol groups is 1.